The summed E-state index contributed by atoms with van der Waals surface area (Å²) in [4.78, 5) is 18.6. The van der Waals surface area contributed by atoms with Gasteiger partial charge in [-0.3, -0.25) is 9.79 Å². The maximum Gasteiger partial charge on any atom is 0.288 e. The van der Waals surface area contributed by atoms with Gasteiger partial charge in [-0.2, -0.15) is 0 Å². The molecule has 1 saturated heterocycles. The lowest BCUT2D eigenvalue weighted by Crippen LogP contribution is -2.48. The van der Waals surface area contributed by atoms with Gasteiger partial charge in [0.15, 0.2) is 5.84 Å². The average Bonchev–Trinajstić information content (AvgIpc) is 2.57. The van der Waals surface area contributed by atoms with Gasteiger partial charge in [0.25, 0.3) is 5.91 Å². The van der Waals surface area contributed by atoms with Gasteiger partial charge < -0.3 is 10.2 Å². The molecule has 2 aliphatic heterocycles. The molecule has 0 unspecified atom stereocenters. The Morgan fingerprint density at radius 3 is 2.67 bits per heavy atom. The number of hydrogen-bond donors (Lipinski definition) is 1. The van der Waals surface area contributed by atoms with Gasteiger partial charge in [0.1, 0.15) is 0 Å². The number of piperidine rings is 1. The van der Waals surface area contributed by atoms with E-state index in [0.29, 0.717) is 11.8 Å². The second-order valence-corrected chi connectivity index (χ2v) is 5.94. The maximum atomic E-state index is 12.4. The number of amidine groups is 1. The Labute approximate surface area is 126 Å². The molecule has 0 spiro atoms. The van der Waals surface area contributed by atoms with Gasteiger partial charge in [-0.25, -0.2) is 0 Å². The second kappa shape index (κ2) is 6.74. The first kappa shape index (κ1) is 14.1. The Morgan fingerprint density at radius 1 is 1.24 bits per heavy atom. The summed E-state index contributed by atoms with van der Waals surface area (Å²) in [5.41, 5.74) is 1.40. The third-order valence-corrected chi connectivity index (χ3v) is 4.37. The van der Waals surface area contributed by atoms with Crippen LogP contribution < -0.4 is 5.32 Å². The van der Waals surface area contributed by atoms with E-state index in [1.807, 2.05) is 4.90 Å². The number of amides is 1. The molecule has 0 radical (unpaired) electrons. The molecule has 1 aromatic rings. The lowest BCUT2D eigenvalue weighted by Gasteiger charge is -2.32. The molecule has 1 N–H and O–H groups in total. The zero-order valence-electron chi connectivity index (χ0n) is 12.4. The lowest BCUT2D eigenvalue weighted by atomic mass is 9.90. The summed E-state index contributed by atoms with van der Waals surface area (Å²) in [5.74, 6) is 1.35. The minimum atomic E-state index is 0.0906. The van der Waals surface area contributed by atoms with Crippen molar-refractivity contribution in [2.24, 2.45) is 10.9 Å². The van der Waals surface area contributed by atoms with E-state index in [1.165, 1.54) is 5.56 Å². The number of nitrogens with zero attached hydrogens (tertiary/aromatic N) is 2. The van der Waals surface area contributed by atoms with Crippen LogP contribution in [0.25, 0.3) is 0 Å². The average molecular weight is 285 g/mol. The van der Waals surface area contributed by atoms with Crippen molar-refractivity contribution < 1.29 is 4.79 Å². The van der Waals surface area contributed by atoms with E-state index >= 15 is 0 Å². The molecule has 1 amide bonds. The van der Waals surface area contributed by atoms with Gasteiger partial charge in [0.2, 0.25) is 0 Å². The number of carbonyl (C=O) groups is 1. The molecule has 0 aromatic heterocycles. The maximum absolute atomic E-state index is 12.4. The Morgan fingerprint density at radius 2 is 2.00 bits per heavy atom. The molecule has 0 bridgehead atoms. The summed E-state index contributed by atoms with van der Waals surface area (Å²) in [7, 11) is 0. The number of aliphatic imine (C=N–C) groups is 1. The molecule has 2 aliphatic rings. The Hall–Kier alpha value is -1.84. The molecule has 0 aliphatic carbocycles. The lowest BCUT2D eigenvalue weighted by molar-refractivity contribution is -0.125. The predicted octanol–water partition coefficient (Wildman–Crippen LogP) is 1.86. The largest absolute Gasteiger partial charge is 0.366 e. The van der Waals surface area contributed by atoms with Crippen LogP contribution in [-0.2, 0) is 11.2 Å². The summed E-state index contributed by atoms with van der Waals surface area (Å²) in [6.45, 7) is 3.36. The van der Waals surface area contributed by atoms with Gasteiger partial charge in [0.05, 0.1) is 0 Å². The minimum Gasteiger partial charge on any atom is -0.366 e. The Bertz CT molecular complexity index is 504. The van der Waals surface area contributed by atoms with E-state index in [1.54, 1.807) is 0 Å². The van der Waals surface area contributed by atoms with Crippen molar-refractivity contribution in [1.82, 2.24) is 10.2 Å². The van der Waals surface area contributed by atoms with Crippen LogP contribution in [0.5, 0.6) is 0 Å². The zero-order valence-corrected chi connectivity index (χ0v) is 12.4. The Balaban J connectivity index is 1.51. The minimum absolute atomic E-state index is 0.0906. The van der Waals surface area contributed by atoms with Crippen LogP contribution in [0.2, 0.25) is 0 Å². The fourth-order valence-corrected chi connectivity index (χ4v) is 3.11. The number of carbonyl (C=O) groups excluding carboxylic acids is 1. The summed E-state index contributed by atoms with van der Waals surface area (Å²) in [6, 6.07) is 10.6. The third kappa shape index (κ3) is 3.63. The van der Waals surface area contributed by atoms with E-state index in [-0.39, 0.29) is 5.91 Å². The normalized spacial score (nSPS) is 19.8. The molecule has 112 valence electrons. The molecule has 2 heterocycles. The fraction of sp³-hybridized carbons (Fsp3) is 0.529. The van der Waals surface area contributed by atoms with Crippen molar-refractivity contribution in [2.45, 2.75) is 25.7 Å². The number of nitrogens with one attached hydrogen (secondary N) is 1. The molecule has 1 fully saturated rings. The molecule has 0 saturated carbocycles. The highest BCUT2D eigenvalue weighted by atomic mass is 16.2. The highest BCUT2D eigenvalue weighted by molar-refractivity contribution is 6.37. The summed E-state index contributed by atoms with van der Waals surface area (Å²) < 4.78 is 0. The third-order valence-electron chi connectivity index (χ3n) is 4.37. The van der Waals surface area contributed by atoms with Gasteiger partial charge >= 0.3 is 0 Å². The number of likely N-dealkylation sites (tertiary alicyclic amines) is 1. The topological polar surface area (TPSA) is 44.7 Å². The van der Waals surface area contributed by atoms with Crippen molar-refractivity contribution in [3.63, 3.8) is 0 Å². The summed E-state index contributed by atoms with van der Waals surface area (Å²) in [6.07, 6.45) is 4.33. The molecule has 4 nitrogen and oxygen atoms in total. The first-order chi connectivity index (χ1) is 10.3. The smallest absolute Gasteiger partial charge is 0.288 e. The quantitative estimate of drug-likeness (QED) is 0.921. The van der Waals surface area contributed by atoms with Gasteiger partial charge in [-0.15, -0.1) is 0 Å². The number of benzene rings is 1. The number of rotatable bonds is 3. The molecule has 1 aromatic carbocycles. The van der Waals surface area contributed by atoms with Crippen molar-refractivity contribution in [3.05, 3.63) is 35.9 Å². The molecule has 21 heavy (non-hydrogen) atoms. The summed E-state index contributed by atoms with van der Waals surface area (Å²) in [5, 5.41) is 3.13. The molecular weight excluding hydrogens is 262 g/mol. The van der Waals surface area contributed by atoms with E-state index in [9.17, 15) is 4.79 Å². The predicted molar refractivity (Wildman–Crippen MR) is 84.4 cm³/mol. The van der Waals surface area contributed by atoms with Crippen molar-refractivity contribution in [3.8, 4) is 0 Å². The van der Waals surface area contributed by atoms with Gasteiger partial charge in [-0.1, -0.05) is 30.3 Å². The van der Waals surface area contributed by atoms with E-state index in [0.717, 1.165) is 51.9 Å². The Kier molecular flexibility index (Phi) is 4.53. The van der Waals surface area contributed by atoms with Crippen LogP contribution in [0.4, 0.5) is 0 Å². The van der Waals surface area contributed by atoms with Crippen LogP contribution in [0, 0.1) is 5.92 Å². The standard InChI is InChI=1S/C17H23N3O/c21-17(16-18-9-4-10-19-16)20-11-7-15(8-12-20)13-14-5-2-1-3-6-14/h1-3,5-6,15H,4,7-13H2,(H,18,19). The van der Waals surface area contributed by atoms with Crippen LogP contribution in [0.1, 0.15) is 24.8 Å². The molecule has 0 atom stereocenters. The van der Waals surface area contributed by atoms with Crippen LogP contribution in [-0.4, -0.2) is 42.8 Å². The SMILES string of the molecule is O=C(C1=NCCCN1)N1CCC(Cc2ccccc2)CC1. The van der Waals surface area contributed by atoms with E-state index in [2.05, 4.69) is 40.6 Å². The second-order valence-electron chi connectivity index (χ2n) is 5.94. The van der Waals surface area contributed by atoms with Crippen LogP contribution >= 0.6 is 0 Å². The molecule has 4 heteroatoms. The van der Waals surface area contributed by atoms with Crippen LogP contribution in [0.15, 0.2) is 35.3 Å². The molecular formula is C17H23N3O. The number of hydrogen-bond acceptors (Lipinski definition) is 3. The van der Waals surface area contributed by atoms with Gasteiger partial charge in [0, 0.05) is 26.2 Å². The molecule has 3 rings (SSSR count). The summed E-state index contributed by atoms with van der Waals surface area (Å²) >= 11 is 0. The van der Waals surface area contributed by atoms with Crippen molar-refractivity contribution in [2.75, 3.05) is 26.2 Å². The van der Waals surface area contributed by atoms with Crippen LogP contribution in [0.3, 0.4) is 0 Å². The first-order valence-corrected chi connectivity index (χ1v) is 7.94. The van der Waals surface area contributed by atoms with Crippen molar-refractivity contribution in [1.29, 1.82) is 0 Å². The zero-order chi connectivity index (χ0) is 14.5. The van der Waals surface area contributed by atoms with Gasteiger partial charge in [-0.05, 0) is 37.2 Å². The highest BCUT2D eigenvalue weighted by Gasteiger charge is 2.26. The van der Waals surface area contributed by atoms with Crippen molar-refractivity contribution >= 4 is 11.7 Å². The van der Waals surface area contributed by atoms with E-state index < -0.39 is 0 Å². The van der Waals surface area contributed by atoms with E-state index in [4.69, 9.17) is 0 Å². The fourth-order valence-electron chi connectivity index (χ4n) is 3.11. The first-order valence-electron chi connectivity index (χ1n) is 7.94. The monoisotopic (exact) mass is 285 g/mol. The highest BCUT2D eigenvalue weighted by Crippen LogP contribution is 2.21.